The monoisotopic (exact) mass is 368 g/mol. The summed E-state index contributed by atoms with van der Waals surface area (Å²) in [5, 5.41) is 0.681. The third-order valence-corrected chi connectivity index (χ3v) is 6.17. The summed E-state index contributed by atoms with van der Waals surface area (Å²) in [5.41, 5.74) is 1.79. The highest BCUT2D eigenvalue weighted by Gasteiger charge is 2.27. The minimum Gasteiger partial charge on any atom is -0.467 e. The molecule has 0 saturated carbocycles. The maximum absolute atomic E-state index is 13.4. The summed E-state index contributed by atoms with van der Waals surface area (Å²) < 4.78 is 6.39. The summed E-state index contributed by atoms with van der Waals surface area (Å²) in [4.78, 5) is 32.5. The first-order valence-corrected chi connectivity index (χ1v) is 9.63. The number of benzene rings is 1. The first-order valence-electron chi connectivity index (χ1n) is 8.82. The van der Waals surface area contributed by atoms with Gasteiger partial charge in [0, 0.05) is 10.4 Å². The predicted octanol–water partition coefficient (Wildman–Crippen LogP) is 3.74. The SMILES string of the molecule is COC(=O)C(C)n1c(-c2ccccc2)nc2sc3c(c2c1=O)CCCC3. The van der Waals surface area contributed by atoms with Gasteiger partial charge in [0.1, 0.15) is 16.7 Å². The van der Waals surface area contributed by atoms with Crippen molar-refractivity contribution in [2.75, 3.05) is 7.11 Å². The van der Waals surface area contributed by atoms with Gasteiger partial charge in [0.15, 0.2) is 0 Å². The van der Waals surface area contributed by atoms with Gasteiger partial charge in [-0.3, -0.25) is 9.36 Å². The lowest BCUT2D eigenvalue weighted by Crippen LogP contribution is -2.31. The molecule has 0 spiro atoms. The first kappa shape index (κ1) is 17.0. The Morgan fingerprint density at radius 3 is 2.69 bits per heavy atom. The van der Waals surface area contributed by atoms with Crippen LogP contribution in [0.25, 0.3) is 21.6 Å². The number of ether oxygens (including phenoxy) is 1. The van der Waals surface area contributed by atoms with Crippen molar-refractivity contribution >= 4 is 27.5 Å². The van der Waals surface area contributed by atoms with Crippen molar-refractivity contribution in [3.63, 3.8) is 0 Å². The lowest BCUT2D eigenvalue weighted by molar-refractivity contribution is -0.144. The number of carbonyl (C=O) groups excluding carboxylic acids is 1. The minimum absolute atomic E-state index is 0.147. The largest absolute Gasteiger partial charge is 0.467 e. The molecular weight excluding hydrogens is 348 g/mol. The van der Waals surface area contributed by atoms with E-state index in [1.807, 2.05) is 30.3 Å². The number of rotatable bonds is 3. The molecule has 1 aliphatic carbocycles. The number of hydrogen-bond donors (Lipinski definition) is 0. The molecule has 2 heterocycles. The Balaban J connectivity index is 2.05. The van der Waals surface area contributed by atoms with E-state index in [2.05, 4.69) is 0 Å². The Kier molecular flexibility index (Phi) is 4.36. The summed E-state index contributed by atoms with van der Waals surface area (Å²) in [6.45, 7) is 1.69. The molecule has 1 aromatic carbocycles. The second-order valence-corrected chi connectivity index (χ2v) is 7.65. The number of aryl methyl sites for hydroxylation is 2. The van der Waals surface area contributed by atoms with Crippen LogP contribution in [0.5, 0.6) is 0 Å². The summed E-state index contributed by atoms with van der Waals surface area (Å²) in [6.07, 6.45) is 4.15. The third-order valence-electron chi connectivity index (χ3n) is 4.98. The van der Waals surface area contributed by atoms with E-state index in [0.29, 0.717) is 11.2 Å². The Morgan fingerprint density at radius 2 is 1.96 bits per heavy atom. The van der Waals surface area contributed by atoms with E-state index in [1.165, 1.54) is 16.6 Å². The fourth-order valence-corrected chi connectivity index (χ4v) is 4.90. The normalized spacial score (nSPS) is 14.8. The molecular formula is C20H20N2O3S. The molecule has 2 aromatic heterocycles. The highest BCUT2D eigenvalue weighted by Crippen LogP contribution is 2.35. The Morgan fingerprint density at radius 1 is 1.23 bits per heavy atom. The second kappa shape index (κ2) is 6.68. The molecule has 26 heavy (non-hydrogen) atoms. The summed E-state index contributed by atoms with van der Waals surface area (Å²) in [5.74, 6) is 0.0640. The van der Waals surface area contributed by atoms with Crippen molar-refractivity contribution in [2.24, 2.45) is 0 Å². The zero-order valence-electron chi connectivity index (χ0n) is 14.8. The molecule has 0 bridgehead atoms. The number of nitrogens with zero attached hydrogens (tertiary/aromatic N) is 2. The van der Waals surface area contributed by atoms with Crippen molar-refractivity contribution in [2.45, 2.75) is 38.6 Å². The molecule has 0 fully saturated rings. The Bertz CT molecular complexity index is 1040. The van der Waals surface area contributed by atoms with E-state index in [9.17, 15) is 9.59 Å². The molecule has 1 unspecified atom stereocenters. The Labute approximate surface area is 155 Å². The average Bonchev–Trinajstić information content (AvgIpc) is 3.06. The van der Waals surface area contributed by atoms with Crippen LogP contribution >= 0.6 is 11.3 Å². The van der Waals surface area contributed by atoms with Crippen molar-refractivity contribution in [3.05, 3.63) is 51.1 Å². The minimum atomic E-state index is -0.737. The molecule has 3 aromatic rings. The molecule has 4 rings (SSSR count). The van der Waals surface area contributed by atoms with E-state index < -0.39 is 12.0 Å². The molecule has 1 atom stereocenters. The van der Waals surface area contributed by atoms with Gasteiger partial charge in [0.25, 0.3) is 5.56 Å². The fraction of sp³-hybridized carbons (Fsp3) is 0.350. The van der Waals surface area contributed by atoms with Gasteiger partial charge in [0.05, 0.1) is 12.5 Å². The van der Waals surface area contributed by atoms with Crippen molar-refractivity contribution in [1.82, 2.24) is 9.55 Å². The lowest BCUT2D eigenvalue weighted by Gasteiger charge is -2.18. The van der Waals surface area contributed by atoms with Gasteiger partial charge < -0.3 is 4.74 Å². The number of carbonyl (C=O) groups is 1. The molecule has 0 radical (unpaired) electrons. The fourth-order valence-electron chi connectivity index (χ4n) is 3.64. The maximum atomic E-state index is 13.4. The van der Waals surface area contributed by atoms with E-state index in [-0.39, 0.29) is 5.56 Å². The highest BCUT2D eigenvalue weighted by atomic mass is 32.1. The van der Waals surface area contributed by atoms with Crippen LogP contribution in [0.15, 0.2) is 35.1 Å². The molecule has 0 aliphatic heterocycles. The van der Waals surface area contributed by atoms with Crippen LogP contribution in [0.4, 0.5) is 0 Å². The van der Waals surface area contributed by atoms with Crippen molar-refractivity contribution in [1.29, 1.82) is 0 Å². The van der Waals surface area contributed by atoms with Crippen LogP contribution in [0, 0.1) is 0 Å². The topological polar surface area (TPSA) is 61.2 Å². The van der Waals surface area contributed by atoms with Crippen LogP contribution in [0.2, 0.25) is 0 Å². The Hall–Kier alpha value is -2.47. The van der Waals surface area contributed by atoms with Crippen LogP contribution < -0.4 is 5.56 Å². The predicted molar refractivity (Wildman–Crippen MR) is 103 cm³/mol. The van der Waals surface area contributed by atoms with Gasteiger partial charge in [-0.2, -0.15) is 0 Å². The zero-order chi connectivity index (χ0) is 18.3. The standard InChI is InChI=1S/C20H20N2O3S/c1-12(20(24)25-2)22-17(13-8-4-3-5-9-13)21-18-16(19(22)23)14-10-6-7-11-15(14)26-18/h3-5,8-9,12H,6-7,10-11H2,1-2H3. The van der Waals surface area contributed by atoms with E-state index in [0.717, 1.165) is 41.6 Å². The molecule has 6 heteroatoms. The summed E-state index contributed by atoms with van der Waals surface area (Å²) in [7, 11) is 1.34. The van der Waals surface area contributed by atoms with Crippen LogP contribution in [-0.4, -0.2) is 22.6 Å². The summed E-state index contributed by atoms with van der Waals surface area (Å²) >= 11 is 1.62. The number of esters is 1. The quantitative estimate of drug-likeness (QED) is 0.661. The smallest absolute Gasteiger partial charge is 0.328 e. The van der Waals surface area contributed by atoms with Crippen molar-refractivity contribution in [3.8, 4) is 11.4 Å². The highest BCUT2D eigenvalue weighted by molar-refractivity contribution is 7.18. The number of thiophene rings is 1. The third kappa shape index (κ3) is 2.65. The van der Waals surface area contributed by atoms with Crippen LogP contribution in [0.1, 0.15) is 36.2 Å². The zero-order valence-corrected chi connectivity index (χ0v) is 15.6. The van der Waals surface area contributed by atoms with Crippen molar-refractivity contribution < 1.29 is 9.53 Å². The van der Waals surface area contributed by atoms with Gasteiger partial charge in [0.2, 0.25) is 0 Å². The molecule has 0 N–H and O–H groups in total. The first-order chi connectivity index (χ1) is 12.6. The number of fused-ring (bicyclic) bond motifs is 3. The maximum Gasteiger partial charge on any atom is 0.328 e. The lowest BCUT2D eigenvalue weighted by atomic mass is 9.97. The number of aromatic nitrogens is 2. The summed E-state index contributed by atoms with van der Waals surface area (Å²) in [6, 6.07) is 8.79. The second-order valence-electron chi connectivity index (χ2n) is 6.57. The van der Waals surface area contributed by atoms with Gasteiger partial charge in [-0.1, -0.05) is 30.3 Å². The van der Waals surface area contributed by atoms with Gasteiger partial charge in [-0.25, -0.2) is 9.78 Å². The molecule has 0 amide bonds. The molecule has 1 aliphatic rings. The number of methoxy groups -OCH3 is 1. The molecule has 0 saturated heterocycles. The average molecular weight is 368 g/mol. The van der Waals surface area contributed by atoms with E-state index in [4.69, 9.17) is 9.72 Å². The van der Waals surface area contributed by atoms with Crippen LogP contribution in [-0.2, 0) is 22.4 Å². The van der Waals surface area contributed by atoms with E-state index >= 15 is 0 Å². The number of hydrogen-bond acceptors (Lipinski definition) is 5. The molecule has 134 valence electrons. The van der Waals surface area contributed by atoms with Crippen LogP contribution in [0.3, 0.4) is 0 Å². The van der Waals surface area contributed by atoms with Gasteiger partial charge in [-0.15, -0.1) is 11.3 Å². The molecule has 5 nitrogen and oxygen atoms in total. The van der Waals surface area contributed by atoms with E-state index in [1.54, 1.807) is 18.3 Å². The van der Waals surface area contributed by atoms with Gasteiger partial charge >= 0.3 is 5.97 Å². The van der Waals surface area contributed by atoms with Gasteiger partial charge in [-0.05, 0) is 38.2 Å².